The fraction of sp³-hybridized carbons (Fsp3) is 0.440. The van der Waals surface area contributed by atoms with Gasteiger partial charge in [-0.05, 0) is 74.9 Å². The number of urea groups is 1. The summed E-state index contributed by atoms with van der Waals surface area (Å²) >= 11 is 0. The Labute approximate surface area is 179 Å². The number of carbonyl (C=O) groups excluding carboxylic acids is 2. The molecule has 0 aliphatic carbocycles. The summed E-state index contributed by atoms with van der Waals surface area (Å²) in [4.78, 5) is 27.0. The zero-order valence-electron chi connectivity index (χ0n) is 18.5. The monoisotopic (exact) mass is 407 g/mol. The van der Waals surface area contributed by atoms with Crippen LogP contribution >= 0.6 is 0 Å². The lowest BCUT2D eigenvalue weighted by atomic mass is 9.89. The molecule has 2 aromatic rings. The molecule has 1 saturated heterocycles. The van der Waals surface area contributed by atoms with Crippen molar-refractivity contribution in [1.29, 1.82) is 0 Å². The highest BCUT2D eigenvalue weighted by Gasteiger charge is 2.25. The highest BCUT2D eigenvalue weighted by Crippen LogP contribution is 2.27. The van der Waals surface area contributed by atoms with Crippen LogP contribution in [0.1, 0.15) is 65.2 Å². The number of hydrogen-bond donors (Lipinski definition) is 2. The minimum atomic E-state index is -0.0692. The van der Waals surface area contributed by atoms with Crippen LogP contribution < -0.4 is 10.6 Å². The lowest BCUT2D eigenvalue weighted by Crippen LogP contribution is -2.47. The Bertz CT molecular complexity index is 907. The topological polar surface area (TPSA) is 61.4 Å². The van der Waals surface area contributed by atoms with Crippen molar-refractivity contribution in [2.24, 2.45) is 0 Å². The number of nitrogens with zero attached hydrogens (tertiary/aromatic N) is 1. The number of hydrogen-bond acceptors (Lipinski definition) is 2. The normalized spacial score (nSPS) is 16.4. The maximum absolute atomic E-state index is 12.7. The summed E-state index contributed by atoms with van der Waals surface area (Å²) in [5.41, 5.74) is 5.37. The molecule has 3 rings (SSSR count). The zero-order valence-corrected chi connectivity index (χ0v) is 18.5. The Morgan fingerprint density at radius 3 is 2.63 bits per heavy atom. The summed E-state index contributed by atoms with van der Waals surface area (Å²) in [6.45, 7) is 10.1. The van der Waals surface area contributed by atoms with Crippen molar-refractivity contribution < 1.29 is 9.59 Å². The second-order valence-corrected chi connectivity index (χ2v) is 8.62. The van der Waals surface area contributed by atoms with Gasteiger partial charge in [-0.3, -0.25) is 4.79 Å². The molecular weight excluding hydrogens is 374 g/mol. The van der Waals surface area contributed by atoms with E-state index in [4.69, 9.17) is 0 Å². The van der Waals surface area contributed by atoms with Crippen LogP contribution in [0.3, 0.4) is 0 Å². The molecule has 30 heavy (non-hydrogen) atoms. The van der Waals surface area contributed by atoms with Crippen LogP contribution in [0.25, 0.3) is 0 Å². The first-order chi connectivity index (χ1) is 14.3. The number of piperidine rings is 1. The Morgan fingerprint density at radius 1 is 1.10 bits per heavy atom. The van der Waals surface area contributed by atoms with E-state index in [-0.39, 0.29) is 23.9 Å². The molecule has 1 unspecified atom stereocenters. The maximum atomic E-state index is 12.7. The Morgan fingerprint density at radius 2 is 1.90 bits per heavy atom. The number of carbonyl (C=O) groups is 2. The van der Waals surface area contributed by atoms with Crippen LogP contribution in [0.5, 0.6) is 0 Å². The van der Waals surface area contributed by atoms with Gasteiger partial charge in [0.25, 0.3) is 5.91 Å². The van der Waals surface area contributed by atoms with Crippen LogP contribution in [-0.2, 0) is 6.54 Å². The molecule has 3 amide bonds. The molecule has 1 aliphatic heterocycles. The molecule has 1 fully saturated rings. The molecular formula is C25H33N3O2. The van der Waals surface area contributed by atoms with Crippen LogP contribution in [0.2, 0.25) is 0 Å². The van der Waals surface area contributed by atoms with Crippen LogP contribution in [-0.4, -0.2) is 36.0 Å². The number of nitrogens with one attached hydrogen (secondary N) is 2. The van der Waals surface area contributed by atoms with Gasteiger partial charge in [0, 0.05) is 37.2 Å². The van der Waals surface area contributed by atoms with Gasteiger partial charge in [0.2, 0.25) is 0 Å². The van der Waals surface area contributed by atoms with Gasteiger partial charge in [-0.25, -0.2) is 4.79 Å². The molecule has 5 nitrogen and oxygen atoms in total. The third-order valence-corrected chi connectivity index (χ3v) is 5.77. The summed E-state index contributed by atoms with van der Waals surface area (Å²) in [6, 6.07) is 14.2. The molecule has 0 spiro atoms. The second kappa shape index (κ2) is 9.79. The van der Waals surface area contributed by atoms with Crippen molar-refractivity contribution in [3.8, 4) is 0 Å². The number of likely N-dealkylation sites (tertiary alicyclic amines) is 1. The minimum Gasteiger partial charge on any atom is -0.348 e. The first-order valence-corrected chi connectivity index (χ1v) is 10.8. The second-order valence-electron chi connectivity index (χ2n) is 8.62. The fourth-order valence-corrected chi connectivity index (χ4v) is 3.90. The first kappa shape index (κ1) is 21.9. The van der Waals surface area contributed by atoms with Crippen LogP contribution in [0.15, 0.2) is 42.5 Å². The molecule has 1 atom stereocenters. The molecule has 5 heteroatoms. The van der Waals surface area contributed by atoms with E-state index < -0.39 is 0 Å². The predicted octanol–water partition coefficient (Wildman–Crippen LogP) is 4.53. The van der Waals surface area contributed by atoms with Crippen LogP contribution in [0, 0.1) is 13.8 Å². The molecule has 0 radical (unpaired) electrons. The van der Waals surface area contributed by atoms with E-state index in [2.05, 4.69) is 48.7 Å². The Kier molecular flexibility index (Phi) is 7.14. The molecule has 2 N–H and O–H groups in total. The summed E-state index contributed by atoms with van der Waals surface area (Å²) < 4.78 is 0. The third-order valence-electron chi connectivity index (χ3n) is 5.77. The number of aryl methyl sites for hydroxylation is 2. The first-order valence-electron chi connectivity index (χ1n) is 10.8. The zero-order chi connectivity index (χ0) is 21.7. The minimum absolute atomic E-state index is 0.00279. The van der Waals surface area contributed by atoms with Crippen molar-refractivity contribution in [2.75, 3.05) is 13.1 Å². The summed E-state index contributed by atoms with van der Waals surface area (Å²) in [7, 11) is 0. The van der Waals surface area contributed by atoms with Gasteiger partial charge in [0.15, 0.2) is 0 Å². The standard InChI is InChI=1S/C25H33N3O2/c1-17(2)27-25(30)28-12-6-9-23(16-28)21-7-5-8-22(14-21)24(29)26-15-20-11-10-18(3)19(4)13-20/h5,7-8,10-11,13-14,17,23H,6,9,12,15-16H2,1-4H3,(H,26,29)(H,27,30). The van der Waals surface area contributed by atoms with Crippen molar-refractivity contribution in [3.63, 3.8) is 0 Å². The summed E-state index contributed by atoms with van der Waals surface area (Å²) in [5.74, 6) is 0.185. The lowest BCUT2D eigenvalue weighted by molar-refractivity contribution is 0.0950. The van der Waals surface area contributed by atoms with Gasteiger partial charge in [0.1, 0.15) is 0 Å². The SMILES string of the molecule is Cc1ccc(CNC(=O)c2cccc(C3CCCN(C(=O)NC(C)C)C3)c2)cc1C. The van der Waals surface area contributed by atoms with E-state index in [9.17, 15) is 9.59 Å². The maximum Gasteiger partial charge on any atom is 0.317 e. The largest absolute Gasteiger partial charge is 0.348 e. The molecule has 1 heterocycles. The van der Waals surface area contributed by atoms with Gasteiger partial charge in [-0.1, -0.05) is 30.3 Å². The highest BCUT2D eigenvalue weighted by molar-refractivity contribution is 5.94. The van der Waals surface area contributed by atoms with Crippen molar-refractivity contribution >= 4 is 11.9 Å². The van der Waals surface area contributed by atoms with E-state index in [1.54, 1.807) is 0 Å². The molecule has 160 valence electrons. The molecule has 0 saturated carbocycles. The van der Waals surface area contributed by atoms with E-state index in [0.717, 1.165) is 30.5 Å². The number of amides is 3. The smallest absolute Gasteiger partial charge is 0.317 e. The van der Waals surface area contributed by atoms with E-state index in [0.29, 0.717) is 18.7 Å². The predicted molar refractivity (Wildman–Crippen MR) is 121 cm³/mol. The Hall–Kier alpha value is -2.82. The van der Waals surface area contributed by atoms with E-state index in [1.165, 1.54) is 11.1 Å². The quantitative estimate of drug-likeness (QED) is 0.765. The van der Waals surface area contributed by atoms with Crippen molar-refractivity contribution in [2.45, 2.75) is 59.0 Å². The fourth-order valence-electron chi connectivity index (χ4n) is 3.90. The molecule has 0 aromatic heterocycles. The van der Waals surface area contributed by atoms with Gasteiger partial charge < -0.3 is 15.5 Å². The summed E-state index contributed by atoms with van der Waals surface area (Å²) in [6.07, 6.45) is 2.00. The van der Waals surface area contributed by atoms with Gasteiger partial charge >= 0.3 is 6.03 Å². The van der Waals surface area contributed by atoms with Gasteiger partial charge in [0.05, 0.1) is 0 Å². The van der Waals surface area contributed by atoms with E-state index >= 15 is 0 Å². The molecule has 2 aromatic carbocycles. The van der Waals surface area contributed by atoms with Crippen molar-refractivity contribution in [1.82, 2.24) is 15.5 Å². The Balaban J connectivity index is 1.64. The van der Waals surface area contributed by atoms with Gasteiger partial charge in [-0.2, -0.15) is 0 Å². The molecule has 1 aliphatic rings. The number of benzene rings is 2. The summed E-state index contributed by atoms with van der Waals surface area (Å²) in [5, 5.41) is 6.00. The third kappa shape index (κ3) is 5.62. The highest BCUT2D eigenvalue weighted by atomic mass is 16.2. The van der Waals surface area contributed by atoms with Crippen LogP contribution in [0.4, 0.5) is 4.79 Å². The average Bonchev–Trinajstić information content (AvgIpc) is 2.74. The lowest BCUT2D eigenvalue weighted by Gasteiger charge is -2.33. The number of rotatable bonds is 5. The molecule has 0 bridgehead atoms. The van der Waals surface area contributed by atoms with Crippen molar-refractivity contribution in [3.05, 3.63) is 70.3 Å². The van der Waals surface area contributed by atoms with E-state index in [1.807, 2.05) is 36.9 Å². The average molecular weight is 408 g/mol. The van der Waals surface area contributed by atoms with Gasteiger partial charge in [-0.15, -0.1) is 0 Å².